The Kier molecular flexibility index (Phi) is 4.20. The number of anilines is 2. The molecule has 2 fully saturated rings. The van der Waals surface area contributed by atoms with Gasteiger partial charge in [0.15, 0.2) is 0 Å². The van der Waals surface area contributed by atoms with Crippen LogP contribution in [0.25, 0.3) is 0 Å². The lowest BCUT2D eigenvalue weighted by Crippen LogP contribution is -2.48. The minimum atomic E-state index is -3.13. The Hall–Kier alpha value is -1.45. The fourth-order valence-corrected chi connectivity index (χ4v) is 3.69. The summed E-state index contributed by atoms with van der Waals surface area (Å²) in [5.41, 5.74) is 6.74. The van der Waals surface area contributed by atoms with Gasteiger partial charge in [-0.3, -0.25) is 0 Å². The largest absolute Gasteiger partial charge is 0.381 e. The van der Waals surface area contributed by atoms with Crippen molar-refractivity contribution in [3.8, 4) is 0 Å². The SMILES string of the molecule is CS(=O)(=O)N1CCN(c2cc([C@@H]3CCOC3)nc(N)n2)CC1. The average Bonchev–Trinajstić information content (AvgIpc) is 3.00. The smallest absolute Gasteiger partial charge is 0.222 e. The van der Waals surface area contributed by atoms with Crippen LogP contribution in [0.1, 0.15) is 18.0 Å². The second-order valence-electron chi connectivity index (χ2n) is 5.72. The van der Waals surface area contributed by atoms with Gasteiger partial charge < -0.3 is 15.4 Å². The van der Waals surface area contributed by atoms with E-state index in [1.54, 1.807) is 0 Å². The number of rotatable bonds is 3. The molecule has 0 saturated carbocycles. The lowest BCUT2D eigenvalue weighted by Gasteiger charge is -2.34. The Morgan fingerprint density at radius 3 is 2.59 bits per heavy atom. The van der Waals surface area contributed by atoms with Crippen LogP contribution in [0.5, 0.6) is 0 Å². The molecule has 2 aliphatic heterocycles. The van der Waals surface area contributed by atoms with Crippen molar-refractivity contribution in [1.82, 2.24) is 14.3 Å². The zero-order valence-electron chi connectivity index (χ0n) is 12.6. The number of hydrogen-bond acceptors (Lipinski definition) is 7. The minimum absolute atomic E-state index is 0.255. The molecule has 8 nitrogen and oxygen atoms in total. The lowest BCUT2D eigenvalue weighted by atomic mass is 10.0. The van der Waals surface area contributed by atoms with Gasteiger partial charge in [-0.1, -0.05) is 0 Å². The summed E-state index contributed by atoms with van der Waals surface area (Å²) in [5.74, 6) is 1.29. The Morgan fingerprint density at radius 2 is 2.00 bits per heavy atom. The van der Waals surface area contributed by atoms with Crippen LogP contribution in [-0.2, 0) is 14.8 Å². The number of piperazine rings is 1. The van der Waals surface area contributed by atoms with Crippen molar-refractivity contribution in [3.63, 3.8) is 0 Å². The average molecular weight is 327 g/mol. The molecule has 1 atom stereocenters. The van der Waals surface area contributed by atoms with Gasteiger partial charge in [-0.05, 0) is 6.42 Å². The molecule has 2 saturated heterocycles. The summed E-state index contributed by atoms with van der Waals surface area (Å²) in [6.07, 6.45) is 2.18. The van der Waals surface area contributed by atoms with Crippen LogP contribution in [0.2, 0.25) is 0 Å². The molecule has 1 aromatic heterocycles. The molecule has 2 aliphatic rings. The van der Waals surface area contributed by atoms with Crippen LogP contribution >= 0.6 is 0 Å². The second-order valence-corrected chi connectivity index (χ2v) is 7.70. The summed E-state index contributed by atoms with van der Waals surface area (Å²) in [4.78, 5) is 10.7. The predicted octanol–water partition coefficient (Wildman–Crippen LogP) is -0.356. The van der Waals surface area contributed by atoms with E-state index in [2.05, 4.69) is 14.9 Å². The maximum atomic E-state index is 11.6. The third kappa shape index (κ3) is 3.31. The molecule has 3 rings (SSSR count). The molecule has 0 spiro atoms. The molecule has 22 heavy (non-hydrogen) atoms. The molecule has 0 bridgehead atoms. The van der Waals surface area contributed by atoms with Gasteiger partial charge in [-0.25, -0.2) is 13.4 Å². The van der Waals surface area contributed by atoms with Gasteiger partial charge in [0.25, 0.3) is 0 Å². The summed E-state index contributed by atoms with van der Waals surface area (Å²) in [5, 5.41) is 0. The molecular weight excluding hydrogens is 306 g/mol. The van der Waals surface area contributed by atoms with E-state index in [1.807, 2.05) is 6.07 Å². The van der Waals surface area contributed by atoms with E-state index in [9.17, 15) is 8.42 Å². The minimum Gasteiger partial charge on any atom is -0.381 e. The highest BCUT2D eigenvalue weighted by Crippen LogP contribution is 2.27. The van der Waals surface area contributed by atoms with Crippen molar-refractivity contribution >= 4 is 21.8 Å². The normalized spacial score (nSPS) is 23.9. The predicted molar refractivity (Wildman–Crippen MR) is 83.3 cm³/mol. The molecule has 0 aliphatic carbocycles. The zero-order valence-corrected chi connectivity index (χ0v) is 13.4. The maximum Gasteiger partial charge on any atom is 0.222 e. The summed E-state index contributed by atoms with van der Waals surface area (Å²) in [6, 6.07) is 1.95. The van der Waals surface area contributed by atoms with Crippen molar-refractivity contribution in [2.45, 2.75) is 12.3 Å². The van der Waals surface area contributed by atoms with Crippen molar-refractivity contribution in [1.29, 1.82) is 0 Å². The Morgan fingerprint density at radius 1 is 1.27 bits per heavy atom. The third-order valence-corrected chi connectivity index (χ3v) is 5.43. The summed E-state index contributed by atoms with van der Waals surface area (Å²) < 4.78 is 30.0. The van der Waals surface area contributed by atoms with E-state index < -0.39 is 10.0 Å². The van der Waals surface area contributed by atoms with Crippen LogP contribution in [0.15, 0.2) is 6.07 Å². The summed E-state index contributed by atoms with van der Waals surface area (Å²) in [7, 11) is -3.13. The number of sulfonamides is 1. The van der Waals surface area contributed by atoms with Crippen molar-refractivity contribution in [2.24, 2.45) is 0 Å². The van der Waals surface area contributed by atoms with Gasteiger partial charge in [0.05, 0.1) is 18.6 Å². The van der Waals surface area contributed by atoms with Gasteiger partial charge in [0.1, 0.15) is 5.82 Å². The molecule has 0 radical (unpaired) electrons. The number of nitrogens with zero attached hydrogens (tertiary/aromatic N) is 4. The van der Waals surface area contributed by atoms with Gasteiger partial charge in [0.2, 0.25) is 16.0 Å². The number of aromatic nitrogens is 2. The molecule has 0 aromatic carbocycles. The third-order valence-electron chi connectivity index (χ3n) is 4.13. The van der Waals surface area contributed by atoms with E-state index in [-0.39, 0.29) is 11.9 Å². The molecule has 0 amide bonds. The first-order valence-electron chi connectivity index (χ1n) is 7.36. The van der Waals surface area contributed by atoms with Gasteiger partial charge >= 0.3 is 0 Å². The van der Waals surface area contributed by atoms with Crippen LogP contribution < -0.4 is 10.6 Å². The number of nitrogens with two attached hydrogens (primary N) is 1. The number of hydrogen-bond donors (Lipinski definition) is 1. The van der Waals surface area contributed by atoms with Crippen molar-refractivity contribution < 1.29 is 13.2 Å². The lowest BCUT2D eigenvalue weighted by molar-refractivity contribution is 0.193. The highest BCUT2D eigenvalue weighted by atomic mass is 32.2. The maximum absolute atomic E-state index is 11.6. The van der Waals surface area contributed by atoms with E-state index in [0.29, 0.717) is 32.8 Å². The molecule has 3 heterocycles. The summed E-state index contributed by atoms with van der Waals surface area (Å²) >= 11 is 0. The molecule has 9 heteroatoms. The monoisotopic (exact) mass is 327 g/mol. The Labute approximate surface area is 130 Å². The molecule has 2 N–H and O–H groups in total. The number of ether oxygens (including phenoxy) is 1. The van der Waals surface area contributed by atoms with E-state index in [1.165, 1.54) is 10.6 Å². The first-order chi connectivity index (χ1) is 10.4. The van der Waals surface area contributed by atoms with Crippen molar-refractivity contribution in [2.75, 3.05) is 56.3 Å². The highest BCUT2D eigenvalue weighted by Gasteiger charge is 2.26. The van der Waals surface area contributed by atoms with Gasteiger partial charge in [-0.15, -0.1) is 0 Å². The highest BCUT2D eigenvalue weighted by molar-refractivity contribution is 7.88. The quantitative estimate of drug-likeness (QED) is 0.809. The Balaban J connectivity index is 1.75. The fraction of sp³-hybridized carbons (Fsp3) is 0.692. The topological polar surface area (TPSA) is 102 Å². The first-order valence-corrected chi connectivity index (χ1v) is 9.20. The second kappa shape index (κ2) is 5.98. The first kappa shape index (κ1) is 15.4. The van der Waals surface area contributed by atoms with Gasteiger partial charge in [0, 0.05) is 44.8 Å². The zero-order chi connectivity index (χ0) is 15.7. The molecule has 122 valence electrons. The van der Waals surface area contributed by atoms with E-state index in [0.717, 1.165) is 24.5 Å². The van der Waals surface area contributed by atoms with Crippen LogP contribution in [0.3, 0.4) is 0 Å². The van der Waals surface area contributed by atoms with Crippen LogP contribution in [-0.4, -0.2) is 68.3 Å². The van der Waals surface area contributed by atoms with E-state index in [4.69, 9.17) is 10.5 Å². The van der Waals surface area contributed by atoms with Gasteiger partial charge in [-0.2, -0.15) is 9.29 Å². The van der Waals surface area contributed by atoms with E-state index >= 15 is 0 Å². The van der Waals surface area contributed by atoms with Crippen LogP contribution in [0.4, 0.5) is 11.8 Å². The number of nitrogen functional groups attached to an aromatic ring is 1. The summed E-state index contributed by atoms with van der Waals surface area (Å²) in [6.45, 7) is 3.54. The van der Waals surface area contributed by atoms with Crippen LogP contribution in [0, 0.1) is 0 Å². The molecular formula is C13H21N5O3S. The standard InChI is InChI=1S/C13H21N5O3S/c1-22(19,20)18-5-3-17(4-6-18)12-8-11(15-13(14)16-12)10-2-7-21-9-10/h8,10H,2-7,9H2,1H3,(H2,14,15,16)/t10-/m1/s1. The molecule has 1 aromatic rings. The Bertz CT molecular complexity index is 637. The fourth-order valence-electron chi connectivity index (χ4n) is 2.86. The van der Waals surface area contributed by atoms with Crippen molar-refractivity contribution in [3.05, 3.63) is 11.8 Å². The molecule has 0 unspecified atom stereocenters.